The van der Waals surface area contributed by atoms with Gasteiger partial charge in [0.05, 0.1) is 11.9 Å². The summed E-state index contributed by atoms with van der Waals surface area (Å²) in [6, 6.07) is 6.77. The Kier molecular flexibility index (Phi) is 2.88. The molecule has 2 N–H and O–H groups in total. The number of nitrogens with zero attached hydrogens (tertiary/aromatic N) is 2. The molecule has 18 heavy (non-hydrogen) atoms. The predicted octanol–water partition coefficient (Wildman–Crippen LogP) is 2.41. The molecule has 0 fully saturated rings. The molecular formula is C14H16FN3. The number of fused-ring (bicyclic) bond motifs is 1. The molecule has 1 aromatic carbocycles. The predicted molar refractivity (Wildman–Crippen MR) is 67.6 cm³/mol. The molecule has 3 rings (SSSR count). The van der Waals surface area contributed by atoms with Gasteiger partial charge in [0, 0.05) is 19.0 Å². The van der Waals surface area contributed by atoms with E-state index in [1.807, 2.05) is 12.3 Å². The van der Waals surface area contributed by atoms with Crippen LogP contribution in [-0.4, -0.2) is 9.55 Å². The molecule has 0 amide bonds. The SMILES string of the molecule is NC1CCCn2c1cnc2Cc1cccc(F)c1. The lowest BCUT2D eigenvalue weighted by atomic mass is 10.1. The van der Waals surface area contributed by atoms with Crippen LogP contribution in [0.25, 0.3) is 0 Å². The van der Waals surface area contributed by atoms with Gasteiger partial charge in [-0.3, -0.25) is 0 Å². The summed E-state index contributed by atoms with van der Waals surface area (Å²) >= 11 is 0. The quantitative estimate of drug-likeness (QED) is 0.883. The molecule has 2 aromatic rings. The van der Waals surface area contributed by atoms with E-state index in [9.17, 15) is 4.39 Å². The molecule has 0 aliphatic carbocycles. The molecule has 94 valence electrons. The van der Waals surface area contributed by atoms with Crippen molar-refractivity contribution in [3.8, 4) is 0 Å². The summed E-state index contributed by atoms with van der Waals surface area (Å²) in [5.41, 5.74) is 8.11. The number of aromatic nitrogens is 2. The molecule has 1 aliphatic heterocycles. The maximum Gasteiger partial charge on any atom is 0.123 e. The summed E-state index contributed by atoms with van der Waals surface area (Å²) in [5.74, 6) is 0.778. The van der Waals surface area contributed by atoms with Crippen LogP contribution in [0.1, 0.15) is 36.0 Å². The Morgan fingerprint density at radius 1 is 1.44 bits per heavy atom. The Hall–Kier alpha value is -1.68. The number of hydrogen-bond acceptors (Lipinski definition) is 2. The second-order valence-electron chi connectivity index (χ2n) is 4.81. The second-order valence-corrected chi connectivity index (χ2v) is 4.81. The van der Waals surface area contributed by atoms with Crippen molar-refractivity contribution in [2.24, 2.45) is 5.73 Å². The smallest absolute Gasteiger partial charge is 0.123 e. The van der Waals surface area contributed by atoms with E-state index in [0.29, 0.717) is 6.42 Å². The number of nitrogens with two attached hydrogens (primary N) is 1. The molecule has 3 nitrogen and oxygen atoms in total. The first-order valence-corrected chi connectivity index (χ1v) is 6.28. The van der Waals surface area contributed by atoms with Crippen LogP contribution in [0.2, 0.25) is 0 Å². The summed E-state index contributed by atoms with van der Waals surface area (Å²) in [5, 5.41) is 0. The van der Waals surface area contributed by atoms with Crippen molar-refractivity contribution in [3.63, 3.8) is 0 Å². The lowest BCUT2D eigenvalue weighted by molar-refractivity contribution is 0.454. The van der Waals surface area contributed by atoms with Crippen LogP contribution in [-0.2, 0) is 13.0 Å². The molecule has 0 radical (unpaired) electrons. The van der Waals surface area contributed by atoms with Crippen LogP contribution in [0.5, 0.6) is 0 Å². The van der Waals surface area contributed by atoms with Crippen molar-refractivity contribution in [1.29, 1.82) is 0 Å². The highest BCUT2D eigenvalue weighted by molar-refractivity contribution is 5.22. The fourth-order valence-electron chi connectivity index (χ4n) is 2.57. The van der Waals surface area contributed by atoms with E-state index in [1.54, 1.807) is 12.1 Å². The van der Waals surface area contributed by atoms with Gasteiger partial charge in [-0.05, 0) is 30.5 Å². The summed E-state index contributed by atoms with van der Waals surface area (Å²) in [6.07, 6.45) is 4.62. The van der Waals surface area contributed by atoms with Crippen LogP contribution in [0.15, 0.2) is 30.5 Å². The van der Waals surface area contributed by atoms with Gasteiger partial charge in [0.25, 0.3) is 0 Å². The zero-order valence-corrected chi connectivity index (χ0v) is 10.1. The van der Waals surface area contributed by atoms with E-state index < -0.39 is 0 Å². The van der Waals surface area contributed by atoms with Gasteiger partial charge in [0.1, 0.15) is 11.6 Å². The van der Waals surface area contributed by atoms with Crippen LogP contribution < -0.4 is 5.73 Å². The topological polar surface area (TPSA) is 43.8 Å². The van der Waals surface area contributed by atoms with Gasteiger partial charge < -0.3 is 10.3 Å². The lowest BCUT2D eigenvalue weighted by Crippen LogP contribution is -2.22. The first-order valence-electron chi connectivity index (χ1n) is 6.28. The standard InChI is InChI=1S/C14H16FN3/c15-11-4-1-3-10(7-11)8-14-17-9-13-12(16)5-2-6-18(13)14/h1,3-4,7,9,12H,2,5-6,8,16H2. The van der Waals surface area contributed by atoms with Crippen LogP contribution in [0.3, 0.4) is 0 Å². The monoisotopic (exact) mass is 245 g/mol. The molecule has 2 heterocycles. The molecule has 1 aliphatic rings. The minimum absolute atomic E-state index is 0.0903. The van der Waals surface area contributed by atoms with E-state index >= 15 is 0 Å². The largest absolute Gasteiger partial charge is 0.330 e. The van der Waals surface area contributed by atoms with Crippen LogP contribution >= 0.6 is 0 Å². The molecule has 4 heteroatoms. The minimum Gasteiger partial charge on any atom is -0.330 e. The summed E-state index contributed by atoms with van der Waals surface area (Å²) in [7, 11) is 0. The normalized spacial score (nSPS) is 18.7. The molecule has 0 saturated heterocycles. The molecule has 1 unspecified atom stereocenters. The van der Waals surface area contributed by atoms with Crippen molar-refractivity contribution >= 4 is 0 Å². The van der Waals surface area contributed by atoms with Crippen LogP contribution in [0, 0.1) is 5.82 Å². The number of halogens is 1. The van der Waals surface area contributed by atoms with E-state index in [4.69, 9.17) is 5.73 Å². The summed E-state index contributed by atoms with van der Waals surface area (Å²) < 4.78 is 15.3. The number of hydrogen-bond donors (Lipinski definition) is 1. The minimum atomic E-state index is -0.199. The summed E-state index contributed by atoms with van der Waals surface area (Å²) in [6.45, 7) is 0.966. The number of rotatable bonds is 2. The first-order chi connectivity index (χ1) is 8.74. The first kappa shape index (κ1) is 11.4. The number of benzene rings is 1. The third-order valence-electron chi connectivity index (χ3n) is 3.50. The Labute approximate surface area is 105 Å². The van der Waals surface area contributed by atoms with Crippen molar-refractivity contribution in [1.82, 2.24) is 9.55 Å². The zero-order valence-electron chi connectivity index (χ0n) is 10.1. The molecule has 1 atom stereocenters. The van der Waals surface area contributed by atoms with Crippen molar-refractivity contribution in [2.75, 3.05) is 0 Å². The Morgan fingerprint density at radius 2 is 2.33 bits per heavy atom. The molecule has 0 saturated carbocycles. The van der Waals surface area contributed by atoms with Gasteiger partial charge in [0.15, 0.2) is 0 Å². The average Bonchev–Trinajstić information content (AvgIpc) is 2.74. The number of imidazole rings is 1. The fourth-order valence-corrected chi connectivity index (χ4v) is 2.57. The zero-order chi connectivity index (χ0) is 12.5. The Morgan fingerprint density at radius 3 is 3.17 bits per heavy atom. The van der Waals surface area contributed by atoms with Gasteiger partial charge >= 0.3 is 0 Å². The Bertz CT molecular complexity index is 562. The molecule has 0 spiro atoms. The van der Waals surface area contributed by atoms with Crippen molar-refractivity contribution in [2.45, 2.75) is 31.8 Å². The van der Waals surface area contributed by atoms with Gasteiger partial charge in [-0.2, -0.15) is 0 Å². The molecule has 1 aromatic heterocycles. The highest BCUT2D eigenvalue weighted by Gasteiger charge is 2.20. The van der Waals surface area contributed by atoms with Gasteiger partial charge in [-0.1, -0.05) is 12.1 Å². The van der Waals surface area contributed by atoms with E-state index in [-0.39, 0.29) is 11.9 Å². The van der Waals surface area contributed by atoms with E-state index in [1.165, 1.54) is 6.07 Å². The maximum atomic E-state index is 13.1. The molecule has 0 bridgehead atoms. The second kappa shape index (κ2) is 4.53. The van der Waals surface area contributed by atoms with E-state index in [2.05, 4.69) is 9.55 Å². The van der Waals surface area contributed by atoms with Crippen molar-refractivity contribution in [3.05, 3.63) is 53.4 Å². The average molecular weight is 245 g/mol. The fraction of sp³-hybridized carbons (Fsp3) is 0.357. The maximum absolute atomic E-state index is 13.1. The van der Waals surface area contributed by atoms with Gasteiger partial charge in [0.2, 0.25) is 0 Å². The highest BCUT2D eigenvalue weighted by atomic mass is 19.1. The highest BCUT2D eigenvalue weighted by Crippen LogP contribution is 2.24. The third-order valence-corrected chi connectivity index (χ3v) is 3.50. The van der Waals surface area contributed by atoms with Gasteiger partial charge in [-0.15, -0.1) is 0 Å². The van der Waals surface area contributed by atoms with Gasteiger partial charge in [-0.25, -0.2) is 9.37 Å². The van der Waals surface area contributed by atoms with Crippen LogP contribution in [0.4, 0.5) is 4.39 Å². The third kappa shape index (κ3) is 2.04. The lowest BCUT2D eigenvalue weighted by Gasteiger charge is -2.22. The Balaban J connectivity index is 1.90. The van der Waals surface area contributed by atoms with E-state index in [0.717, 1.165) is 36.5 Å². The van der Waals surface area contributed by atoms with Crippen molar-refractivity contribution < 1.29 is 4.39 Å². The summed E-state index contributed by atoms with van der Waals surface area (Å²) in [4.78, 5) is 4.43. The molecular weight excluding hydrogens is 229 g/mol.